The molecule has 0 aliphatic rings. The van der Waals surface area contributed by atoms with Gasteiger partial charge in [-0.05, 0) is 60.7 Å². The summed E-state index contributed by atoms with van der Waals surface area (Å²) < 4.78 is 36.7. The molecule has 2 aromatic heterocycles. The molecule has 0 atom stereocenters. The zero-order valence-electron chi connectivity index (χ0n) is 26.6. The first-order valence-electron chi connectivity index (χ1n) is 14.7. The Morgan fingerprint density at radius 1 is 0.702 bits per heavy atom. The molecule has 2 heterocycles. The number of para-hydroxylation sites is 1. The van der Waals surface area contributed by atoms with Crippen LogP contribution in [0.1, 0.15) is 11.7 Å². The first-order valence-corrected chi connectivity index (χ1v) is 15.6. The lowest BCUT2D eigenvalue weighted by molar-refractivity contribution is 0.0923. The number of nitrogens with zero attached hydrogens (tertiary/aromatic N) is 3. The van der Waals surface area contributed by atoms with E-state index in [0.717, 1.165) is 26.5 Å². The third-order valence-corrected chi connectivity index (χ3v) is 8.50. The second-order valence-electron chi connectivity index (χ2n) is 10.3. The Balaban J connectivity index is 1.20. The summed E-state index contributed by atoms with van der Waals surface area (Å²) in [5, 5.41) is 5.54. The van der Waals surface area contributed by atoms with Gasteiger partial charge in [-0.3, -0.25) is 4.79 Å². The number of rotatable bonds is 12. The van der Waals surface area contributed by atoms with E-state index < -0.39 is 0 Å². The van der Waals surface area contributed by atoms with E-state index in [9.17, 15) is 4.79 Å². The van der Waals surface area contributed by atoms with E-state index >= 15 is 0 Å². The van der Waals surface area contributed by atoms with Crippen LogP contribution in [0.15, 0.2) is 84.9 Å². The fourth-order valence-electron chi connectivity index (χ4n) is 5.17. The largest absolute Gasteiger partial charge is 0.493 e. The molecule has 0 saturated carbocycles. The predicted octanol–water partition coefficient (Wildman–Crippen LogP) is 7.65. The Morgan fingerprint density at radius 3 is 2.13 bits per heavy atom. The highest BCUT2D eigenvalue weighted by molar-refractivity contribution is 7.21. The Labute approximate surface area is 276 Å². The van der Waals surface area contributed by atoms with Crippen molar-refractivity contribution >= 4 is 27.5 Å². The van der Waals surface area contributed by atoms with E-state index in [1.165, 1.54) is 11.6 Å². The summed E-state index contributed by atoms with van der Waals surface area (Å²) in [6.07, 6.45) is 0. The lowest BCUT2D eigenvalue weighted by atomic mass is 10.1. The number of carbonyl (C=O) groups excluding carboxylic acids is 1. The van der Waals surface area contributed by atoms with Gasteiger partial charge in [-0.1, -0.05) is 24.3 Å². The summed E-state index contributed by atoms with van der Waals surface area (Å²) in [7, 11) is 6.22. The SMILES string of the molecule is COc1ccc(-c2cc(-c3cc(OC)c(OC)c(OC)c3)nn2C(C)=O)cc1OCCOc1cccc(-c2nc3ccccc3s2)c1. The Morgan fingerprint density at radius 2 is 1.43 bits per heavy atom. The number of methoxy groups -OCH3 is 4. The van der Waals surface area contributed by atoms with Gasteiger partial charge < -0.3 is 28.4 Å². The van der Waals surface area contributed by atoms with Crippen LogP contribution in [0.2, 0.25) is 0 Å². The highest BCUT2D eigenvalue weighted by Crippen LogP contribution is 2.42. The molecule has 0 amide bonds. The molecule has 0 saturated heterocycles. The van der Waals surface area contributed by atoms with E-state index in [2.05, 4.69) is 11.2 Å². The topological polar surface area (TPSA) is 103 Å². The highest BCUT2D eigenvalue weighted by atomic mass is 32.1. The normalized spacial score (nSPS) is 10.9. The minimum atomic E-state index is -0.251. The van der Waals surface area contributed by atoms with Crippen molar-refractivity contribution in [2.75, 3.05) is 41.7 Å². The van der Waals surface area contributed by atoms with E-state index in [1.807, 2.05) is 60.7 Å². The average molecular weight is 652 g/mol. The molecule has 0 radical (unpaired) electrons. The van der Waals surface area contributed by atoms with Crippen LogP contribution in [0.25, 0.3) is 43.3 Å². The van der Waals surface area contributed by atoms with Crippen LogP contribution < -0.4 is 28.4 Å². The monoisotopic (exact) mass is 651 g/mol. The smallest absolute Gasteiger partial charge is 0.244 e. The second kappa shape index (κ2) is 13.8. The van der Waals surface area contributed by atoms with E-state index in [4.69, 9.17) is 33.4 Å². The second-order valence-corrected chi connectivity index (χ2v) is 11.4. The fourth-order valence-corrected chi connectivity index (χ4v) is 6.13. The van der Waals surface area contributed by atoms with Gasteiger partial charge in [0.25, 0.3) is 0 Å². The molecule has 0 fully saturated rings. The standard InChI is InChI=1S/C36H33N3O7S/c1-22(40)39-29(21-28(38-39)25-19-32(42-3)35(44-5)33(20-25)43-4)23-13-14-30(41-2)31(18-23)46-16-15-45-26-10-8-9-24(17-26)36-37-27-11-6-7-12-34(27)47-36/h6-14,17-21H,15-16H2,1-5H3. The predicted molar refractivity (Wildman–Crippen MR) is 182 cm³/mol. The Kier molecular flexibility index (Phi) is 9.25. The quantitative estimate of drug-likeness (QED) is 0.124. The number of ether oxygens (including phenoxy) is 6. The zero-order valence-corrected chi connectivity index (χ0v) is 27.4. The van der Waals surface area contributed by atoms with Crippen molar-refractivity contribution < 1.29 is 33.2 Å². The minimum absolute atomic E-state index is 0.251. The summed E-state index contributed by atoms with van der Waals surface area (Å²) >= 11 is 1.65. The summed E-state index contributed by atoms with van der Waals surface area (Å²) in [4.78, 5) is 17.5. The first-order chi connectivity index (χ1) is 22.9. The van der Waals surface area contributed by atoms with Gasteiger partial charge in [0.05, 0.1) is 50.0 Å². The van der Waals surface area contributed by atoms with Gasteiger partial charge >= 0.3 is 0 Å². The van der Waals surface area contributed by atoms with Crippen LogP contribution in [-0.4, -0.2) is 62.3 Å². The number of carbonyl (C=O) groups is 1. The van der Waals surface area contributed by atoms with Crippen LogP contribution >= 0.6 is 11.3 Å². The first kappa shape index (κ1) is 31.4. The average Bonchev–Trinajstić information content (AvgIpc) is 3.75. The number of thiazole rings is 1. The van der Waals surface area contributed by atoms with Crippen LogP contribution in [0.5, 0.6) is 34.5 Å². The van der Waals surface area contributed by atoms with Crippen molar-refractivity contribution in [2.45, 2.75) is 6.92 Å². The summed E-state index contributed by atoms with van der Waals surface area (Å²) in [5.41, 5.74) is 4.51. The molecule has 47 heavy (non-hydrogen) atoms. The third-order valence-electron chi connectivity index (χ3n) is 7.41. The van der Waals surface area contributed by atoms with Gasteiger partial charge in [-0.25, -0.2) is 4.98 Å². The maximum Gasteiger partial charge on any atom is 0.244 e. The maximum atomic E-state index is 12.7. The number of benzene rings is 4. The fraction of sp³-hybridized carbons (Fsp3) is 0.194. The molecule has 6 aromatic rings. The minimum Gasteiger partial charge on any atom is -0.493 e. The molecule has 0 N–H and O–H groups in total. The molecule has 0 unspecified atom stereocenters. The van der Waals surface area contributed by atoms with Crippen LogP contribution in [-0.2, 0) is 0 Å². The summed E-state index contributed by atoms with van der Waals surface area (Å²) in [6.45, 7) is 2.01. The Hall–Kier alpha value is -5.55. The summed E-state index contributed by atoms with van der Waals surface area (Å²) in [6, 6.07) is 26.8. The van der Waals surface area contributed by atoms with Crippen molar-refractivity contribution in [3.63, 3.8) is 0 Å². The van der Waals surface area contributed by atoms with E-state index in [-0.39, 0.29) is 12.5 Å². The van der Waals surface area contributed by atoms with Crippen molar-refractivity contribution in [3.05, 3.63) is 84.9 Å². The molecule has 0 bridgehead atoms. The van der Waals surface area contributed by atoms with Crippen molar-refractivity contribution in [3.8, 4) is 67.6 Å². The number of hydrogen-bond donors (Lipinski definition) is 0. The summed E-state index contributed by atoms with van der Waals surface area (Å²) in [5.74, 6) is 2.94. The lowest BCUT2D eigenvalue weighted by Crippen LogP contribution is -2.11. The molecule has 10 nitrogen and oxygen atoms in total. The van der Waals surface area contributed by atoms with E-state index in [1.54, 1.807) is 58.0 Å². The van der Waals surface area contributed by atoms with Gasteiger partial charge in [-0.15, -0.1) is 11.3 Å². The molecular weight excluding hydrogens is 618 g/mol. The molecule has 6 rings (SSSR count). The van der Waals surface area contributed by atoms with Crippen molar-refractivity contribution in [1.29, 1.82) is 0 Å². The van der Waals surface area contributed by atoms with Crippen LogP contribution in [0.4, 0.5) is 0 Å². The van der Waals surface area contributed by atoms with Gasteiger partial charge in [-0.2, -0.15) is 9.78 Å². The lowest BCUT2D eigenvalue weighted by Gasteiger charge is -2.13. The molecule has 0 aliphatic heterocycles. The molecule has 11 heteroatoms. The van der Waals surface area contributed by atoms with Gasteiger partial charge in [0, 0.05) is 23.6 Å². The van der Waals surface area contributed by atoms with Gasteiger partial charge in [0.1, 0.15) is 24.0 Å². The molecule has 0 spiro atoms. The third kappa shape index (κ3) is 6.56. The highest BCUT2D eigenvalue weighted by Gasteiger charge is 2.20. The molecule has 0 aliphatic carbocycles. The van der Waals surface area contributed by atoms with Crippen LogP contribution in [0, 0.1) is 0 Å². The zero-order chi connectivity index (χ0) is 32.9. The van der Waals surface area contributed by atoms with Crippen molar-refractivity contribution in [1.82, 2.24) is 14.8 Å². The Bertz CT molecular complexity index is 1990. The number of aromatic nitrogens is 3. The van der Waals surface area contributed by atoms with Gasteiger partial charge in [0.2, 0.25) is 11.7 Å². The van der Waals surface area contributed by atoms with Crippen LogP contribution in [0.3, 0.4) is 0 Å². The molecule has 240 valence electrons. The van der Waals surface area contributed by atoms with Gasteiger partial charge in [0.15, 0.2) is 23.0 Å². The molecular formula is C36H33N3O7S. The molecule has 4 aromatic carbocycles. The number of fused-ring (bicyclic) bond motifs is 1. The van der Waals surface area contributed by atoms with Crippen molar-refractivity contribution in [2.24, 2.45) is 0 Å². The maximum absolute atomic E-state index is 12.7. The van der Waals surface area contributed by atoms with E-state index in [0.29, 0.717) is 57.9 Å². The number of hydrogen-bond acceptors (Lipinski definition) is 10.